The minimum atomic E-state index is 0.142. The van der Waals surface area contributed by atoms with Crippen molar-refractivity contribution in [2.45, 2.75) is 76.7 Å². The normalized spacial score (nSPS) is 15.3. The molecule has 3 nitrogen and oxygen atoms in total. The van der Waals surface area contributed by atoms with Crippen LogP contribution in [-0.2, 0) is 12.8 Å². The van der Waals surface area contributed by atoms with Crippen molar-refractivity contribution in [3.05, 3.63) is 41.1 Å². The van der Waals surface area contributed by atoms with Crippen LogP contribution in [0.15, 0.2) is 24.3 Å². The molecule has 3 heteroatoms. The summed E-state index contributed by atoms with van der Waals surface area (Å²) in [6.07, 6.45) is 13.4. The lowest BCUT2D eigenvalue weighted by Crippen LogP contribution is -2.18. The average molecular weight is 340 g/mol. The van der Waals surface area contributed by atoms with Crippen LogP contribution in [0.25, 0.3) is 10.9 Å². The van der Waals surface area contributed by atoms with Crippen LogP contribution in [0.3, 0.4) is 0 Å². The van der Waals surface area contributed by atoms with E-state index < -0.39 is 0 Å². The predicted molar refractivity (Wildman–Crippen MR) is 107 cm³/mol. The molecular formula is C22H33N3. The molecule has 1 aromatic heterocycles. The van der Waals surface area contributed by atoms with Gasteiger partial charge in [-0.1, -0.05) is 50.3 Å². The highest BCUT2D eigenvalue weighted by Crippen LogP contribution is 2.34. The van der Waals surface area contributed by atoms with Crippen molar-refractivity contribution < 1.29 is 0 Å². The Kier molecular flexibility index (Phi) is 6.83. The van der Waals surface area contributed by atoms with Gasteiger partial charge in [0.1, 0.15) is 0 Å². The van der Waals surface area contributed by atoms with Gasteiger partial charge < -0.3 is 11.5 Å². The first-order valence-corrected chi connectivity index (χ1v) is 10.2. The molecule has 0 saturated heterocycles. The molecule has 3 rings (SSSR count). The molecule has 25 heavy (non-hydrogen) atoms. The molecule has 1 heterocycles. The quantitative estimate of drug-likeness (QED) is 0.645. The SMILES string of the molecule is NCCCCCCCCC(N)c1c2c(nc3ccccc13)CCCC2. The van der Waals surface area contributed by atoms with Crippen LogP contribution >= 0.6 is 0 Å². The first kappa shape index (κ1) is 18.3. The van der Waals surface area contributed by atoms with Crippen molar-refractivity contribution in [3.63, 3.8) is 0 Å². The number of rotatable bonds is 9. The van der Waals surface area contributed by atoms with Crippen LogP contribution in [0.5, 0.6) is 0 Å². The van der Waals surface area contributed by atoms with E-state index in [-0.39, 0.29) is 6.04 Å². The highest BCUT2D eigenvalue weighted by molar-refractivity contribution is 5.84. The van der Waals surface area contributed by atoms with Gasteiger partial charge in [-0.25, -0.2) is 0 Å². The maximum atomic E-state index is 6.70. The van der Waals surface area contributed by atoms with E-state index in [0.29, 0.717) is 0 Å². The van der Waals surface area contributed by atoms with E-state index in [1.165, 1.54) is 67.2 Å². The van der Waals surface area contributed by atoms with Crippen molar-refractivity contribution >= 4 is 10.9 Å². The van der Waals surface area contributed by atoms with Crippen molar-refractivity contribution in [1.29, 1.82) is 0 Å². The molecule has 1 aliphatic rings. The highest BCUT2D eigenvalue weighted by atomic mass is 14.7. The van der Waals surface area contributed by atoms with Crippen LogP contribution in [0.4, 0.5) is 0 Å². The van der Waals surface area contributed by atoms with Crippen molar-refractivity contribution in [2.75, 3.05) is 6.54 Å². The molecule has 0 saturated carbocycles. The molecule has 0 aliphatic heterocycles. The summed E-state index contributed by atoms with van der Waals surface area (Å²) in [6.45, 7) is 0.825. The summed E-state index contributed by atoms with van der Waals surface area (Å²) < 4.78 is 0. The van der Waals surface area contributed by atoms with Crippen LogP contribution in [0.2, 0.25) is 0 Å². The van der Waals surface area contributed by atoms with Crippen LogP contribution in [-0.4, -0.2) is 11.5 Å². The number of hydrogen-bond donors (Lipinski definition) is 2. The van der Waals surface area contributed by atoms with Crippen molar-refractivity contribution in [1.82, 2.24) is 4.98 Å². The second-order valence-corrected chi connectivity index (χ2v) is 7.48. The fraction of sp³-hybridized carbons (Fsp3) is 0.591. The standard InChI is InChI=1S/C22H33N3/c23-16-10-4-2-1-3-5-13-19(24)22-17-11-6-8-14-20(17)25-21-15-9-7-12-18(21)22/h6,8,11,14,19H,1-5,7,9-10,12-13,15-16,23-24H2. The number of aryl methyl sites for hydroxylation is 1. The van der Waals surface area contributed by atoms with Gasteiger partial charge in [-0.05, 0) is 62.3 Å². The minimum Gasteiger partial charge on any atom is -0.330 e. The Labute approximate surface area is 152 Å². The molecule has 0 fully saturated rings. The number of aromatic nitrogens is 1. The summed E-state index contributed by atoms with van der Waals surface area (Å²) in [5.74, 6) is 0. The fourth-order valence-electron chi connectivity index (χ4n) is 4.19. The second kappa shape index (κ2) is 9.30. The smallest absolute Gasteiger partial charge is 0.0708 e. The predicted octanol–water partition coefficient (Wildman–Crippen LogP) is 4.80. The molecule has 1 aromatic carbocycles. The van der Waals surface area contributed by atoms with Gasteiger partial charge in [-0.15, -0.1) is 0 Å². The maximum Gasteiger partial charge on any atom is 0.0708 e. The molecule has 2 aromatic rings. The van der Waals surface area contributed by atoms with E-state index in [1.54, 1.807) is 0 Å². The number of nitrogens with two attached hydrogens (primary N) is 2. The summed E-state index contributed by atoms with van der Waals surface area (Å²) in [5, 5.41) is 1.28. The number of unbranched alkanes of at least 4 members (excludes halogenated alkanes) is 5. The van der Waals surface area contributed by atoms with Gasteiger partial charge in [0.05, 0.1) is 5.52 Å². The van der Waals surface area contributed by atoms with E-state index in [0.717, 1.165) is 37.7 Å². The first-order valence-electron chi connectivity index (χ1n) is 10.2. The summed E-state index contributed by atoms with van der Waals surface area (Å²) in [6, 6.07) is 8.69. The summed E-state index contributed by atoms with van der Waals surface area (Å²) >= 11 is 0. The van der Waals surface area contributed by atoms with E-state index in [4.69, 9.17) is 16.5 Å². The van der Waals surface area contributed by atoms with Gasteiger partial charge in [0.25, 0.3) is 0 Å². The third-order valence-electron chi connectivity index (χ3n) is 5.55. The molecule has 136 valence electrons. The number of hydrogen-bond acceptors (Lipinski definition) is 3. The molecule has 1 unspecified atom stereocenters. The van der Waals surface area contributed by atoms with Gasteiger partial charge in [-0.2, -0.15) is 0 Å². The average Bonchev–Trinajstić information content (AvgIpc) is 2.65. The maximum absolute atomic E-state index is 6.70. The Morgan fingerprint density at radius 2 is 1.64 bits per heavy atom. The van der Waals surface area contributed by atoms with Crippen molar-refractivity contribution in [3.8, 4) is 0 Å². The van der Waals surface area contributed by atoms with Crippen molar-refractivity contribution in [2.24, 2.45) is 11.5 Å². The summed E-state index contributed by atoms with van der Waals surface area (Å²) in [5.41, 5.74) is 17.5. The lowest BCUT2D eigenvalue weighted by atomic mass is 9.85. The number of fused-ring (bicyclic) bond motifs is 2. The number of nitrogens with zero attached hydrogens (tertiary/aromatic N) is 1. The van der Waals surface area contributed by atoms with E-state index >= 15 is 0 Å². The number of pyridine rings is 1. The van der Waals surface area contributed by atoms with Crippen LogP contribution in [0, 0.1) is 0 Å². The minimum absolute atomic E-state index is 0.142. The zero-order chi connectivity index (χ0) is 17.5. The molecule has 4 N–H and O–H groups in total. The molecule has 1 atom stereocenters. The Balaban J connectivity index is 1.69. The van der Waals surface area contributed by atoms with E-state index in [9.17, 15) is 0 Å². The third-order valence-corrected chi connectivity index (χ3v) is 5.55. The number of benzene rings is 1. The molecule has 0 spiro atoms. The lowest BCUT2D eigenvalue weighted by molar-refractivity contribution is 0.540. The third kappa shape index (κ3) is 4.59. The molecule has 0 bridgehead atoms. The van der Waals surface area contributed by atoms with Gasteiger partial charge >= 0.3 is 0 Å². The number of para-hydroxylation sites is 1. The van der Waals surface area contributed by atoms with Crippen LogP contribution < -0.4 is 11.5 Å². The Bertz CT molecular complexity index is 680. The van der Waals surface area contributed by atoms with Crippen LogP contribution in [0.1, 0.15) is 80.7 Å². The Hall–Kier alpha value is -1.45. The van der Waals surface area contributed by atoms with Gasteiger partial charge in [0, 0.05) is 17.1 Å². The Morgan fingerprint density at radius 1 is 0.920 bits per heavy atom. The van der Waals surface area contributed by atoms with Gasteiger partial charge in [0.15, 0.2) is 0 Å². The zero-order valence-corrected chi connectivity index (χ0v) is 15.5. The Morgan fingerprint density at radius 3 is 2.48 bits per heavy atom. The lowest BCUT2D eigenvalue weighted by Gasteiger charge is -2.24. The van der Waals surface area contributed by atoms with Gasteiger partial charge in [-0.3, -0.25) is 4.98 Å². The molecule has 1 aliphatic carbocycles. The summed E-state index contributed by atoms with van der Waals surface area (Å²) in [7, 11) is 0. The zero-order valence-electron chi connectivity index (χ0n) is 15.5. The summed E-state index contributed by atoms with van der Waals surface area (Å²) in [4.78, 5) is 4.93. The van der Waals surface area contributed by atoms with E-state index in [2.05, 4.69) is 24.3 Å². The molecule has 0 radical (unpaired) electrons. The highest BCUT2D eigenvalue weighted by Gasteiger charge is 2.21. The molecule has 0 amide bonds. The van der Waals surface area contributed by atoms with E-state index in [1.807, 2.05) is 0 Å². The topological polar surface area (TPSA) is 64.9 Å². The first-order chi connectivity index (χ1) is 12.3. The fourth-order valence-corrected chi connectivity index (χ4v) is 4.19. The van der Waals surface area contributed by atoms with Gasteiger partial charge in [0.2, 0.25) is 0 Å². The molecular weight excluding hydrogens is 306 g/mol. The monoisotopic (exact) mass is 339 g/mol. The second-order valence-electron chi connectivity index (χ2n) is 7.48. The largest absolute Gasteiger partial charge is 0.330 e.